The molecule has 0 bridgehead atoms. The molecule has 2 aromatic heterocycles. The second-order valence-corrected chi connectivity index (χ2v) is 10.7. The van der Waals surface area contributed by atoms with Crippen molar-refractivity contribution in [3.05, 3.63) is 46.6 Å². The van der Waals surface area contributed by atoms with E-state index in [1.54, 1.807) is 0 Å². The first-order chi connectivity index (χ1) is 15.7. The van der Waals surface area contributed by atoms with Crippen LogP contribution < -0.4 is 5.46 Å². The Labute approximate surface area is 198 Å². The first kappa shape index (κ1) is 22.6. The summed E-state index contributed by atoms with van der Waals surface area (Å²) in [5.74, 6) is 0.635. The van der Waals surface area contributed by atoms with Crippen LogP contribution in [0.2, 0.25) is 0 Å². The van der Waals surface area contributed by atoms with Crippen LogP contribution in [0.4, 0.5) is 0 Å². The van der Waals surface area contributed by atoms with Gasteiger partial charge in [0.15, 0.2) is 0 Å². The number of nitrogens with zero attached hydrogens (tertiary/aromatic N) is 2. The Morgan fingerprint density at radius 1 is 1.21 bits per heavy atom. The van der Waals surface area contributed by atoms with Crippen LogP contribution in [0.1, 0.15) is 55.2 Å². The first-order valence-electron chi connectivity index (χ1n) is 11.3. The number of esters is 1. The zero-order valence-electron chi connectivity index (χ0n) is 19.7. The number of thiophene rings is 1. The molecule has 2 aliphatic heterocycles. The van der Waals surface area contributed by atoms with Gasteiger partial charge in [0.25, 0.3) is 0 Å². The molecule has 1 aromatic carbocycles. The molecular weight excluding hydrogens is 439 g/mol. The molecule has 4 heterocycles. The van der Waals surface area contributed by atoms with Gasteiger partial charge in [-0.1, -0.05) is 24.3 Å². The van der Waals surface area contributed by atoms with Crippen molar-refractivity contribution in [1.82, 2.24) is 9.55 Å². The number of rotatable bonds is 6. The third-order valence-corrected chi connectivity index (χ3v) is 7.96. The zero-order chi connectivity index (χ0) is 23.4. The summed E-state index contributed by atoms with van der Waals surface area (Å²) in [6, 6.07) is 10.2. The number of ether oxygens (including phenoxy) is 2. The molecule has 0 saturated carbocycles. The molecule has 174 valence electrons. The fourth-order valence-corrected chi connectivity index (χ4v) is 5.06. The molecule has 2 saturated heterocycles. The Hall–Kier alpha value is -2.20. The van der Waals surface area contributed by atoms with Crippen molar-refractivity contribution in [1.29, 1.82) is 0 Å². The lowest BCUT2D eigenvalue weighted by atomic mass is 9.79. The second kappa shape index (κ2) is 8.23. The summed E-state index contributed by atoms with van der Waals surface area (Å²) in [6.07, 6.45) is 1.91. The highest BCUT2D eigenvalue weighted by Gasteiger charge is 2.51. The van der Waals surface area contributed by atoms with Crippen molar-refractivity contribution in [2.24, 2.45) is 0 Å². The predicted octanol–water partition coefficient (Wildman–Crippen LogP) is 3.56. The topological polar surface area (TPSA) is 71.8 Å². The number of aromatic nitrogens is 2. The fraction of sp³-hybridized carbons (Fsp3) is 0.500. The van der Waals surface area contributed by atoms with E-state index in [0.29, 0.717) is 11.3 Å². The lowest BCUT2D eigenvalue weighted by Gasteiger charge is -2.32. The van der Waals surface area contributed by atoms with E-state index in [1.807, 2.05) is 6.07 Å². The van der Waals surface area contributed by atoms with E-state index in [1.165, 1.54) is 18.4 Å². The van der Waals surface area contributed by atoms with Crippen LogP contribution in [0.15, 0.2) is 30.3 Å². The lowest BCUT2D eigenvalue weighted by Crippen LogP contribution is -2.41. The molecule has 0 unspecified atom stereocenters. The van der Waals surface area contributed by atoms with E-state index < -0.39 is 0 Å². The molecule has 9 heteroatoms. The molecule has 0 radical (unpaired) electrons. The van der Waals surface area contributed by atoms with Crippen LogP contribution in [-0.4, -0.2) is 53.7 Å². The van der Waals surface area contributed by atoms with Gasteiger partial charge in [0.05, 0.1) is 36.5 Å². The van der Waals surface area contributed by atoms with Gasteiger partial charge in [-0.15, -0.1) is 11.3 Å². The Morgan fingerprint density at radius 3 is 2.45 bits per heavy atom. The van der Waals surface area contributed by atoms with E-state index in [4.69, 9.17) is 23.8 Å². The minimum absolute atomic E-state index is 0.188. The molecule has 0 amide bonds. The van der Waals surface area contributed by atoms with Crippen molar-refractivity contribution in [2.75, 3.05) is 13.7 Å². The Morgan fingerprint density at radius 2 is 1.88 bits per heavy atom. The monoisotopic (exact) mass is 468 g/mol. The van der Waals surface area contributed by atoms with Crippen molar-refractivity contribution in [3.8, 4) is 0 Å². The van der Waals surface area contributed by atoms with Crippen LogP contribution in [-0.2, 0) is 31.7 Å². The predicted molar refractivity (Wildman–Crippen MR) is 128 cm³/mol. The van der Waals surface area contributed by atoms with Gasteiger partial charge in [0.1, 0.15) is 15.5 Å². The number of carbonyl (C=O) groups is 1. The van der Waals surface area contributed by atoms with E-state index in [2.05, 4.69) is 56.5 Å². The van der Waals surface area contributed by atoms with Gasteiger partial charge in [0, 0.05) is 13.0 Å². The number of carbonyl (C=O) groups excluding carboxylic acids is 1. The average molecular weight is 468 g/mol. The Balaban J connectivity index is 1.39. The van der Waals surface area contributed by atoms with Crippen LogP contribution in [0.5, 0.6) is 0 Å². The van der Waals surface area contributed by atoms with E-state index in [-0.39, 0.29) is 30.4 Å². The van der Waals surface area contributed by atoms with E-state index in [0.717, 1.165) is 46.8 Å². The molecule has 2 fully saturated rings. The number of hydrogen-bond donors (Lipinski definition) is 0. The molecule has 1 atom stereocenters. The maximum atomic E-state index is 12.0. The smallest absolute Gasteiger partial charge is 0.465 e. The molecule has 3 aromatic rings. The summed E-state index contributed by atoms with van der Waals surface area (Å²) < 4.78 is 25.1. The SMILES string of the molecule is COC(=O)c1cc2c(nc(Cc3ccc(B4OC(C)(C)C(C)(C)O4)cc3)n2C[C@@H]2CCO2)s1. The zero-order valence-corrected chi connectivity index (χ0v) is 20.5. The van der Waals surface area contributed by atoms with Gasteiger partial charge in [0.2, 0.25) is 0 Å². The van der Waals surface area contributed by atoms with Crippen molar-refractivity contribution in [3.63, 3.8) is 0 Å². The maximum Gasteiger partial charge on any atom is 0.494 e. The molecule has 5 rings (SSSR count). The summed E-state index contributed by atoms with van der Waals surface area (Å²) in [5, 5.41) is 0. The van der Waals surface area contributed by atoms with Crippen LogP contribution in [0, 0.1) is 0 Å². The van der Waals surface area contributed by atoms with Crippen molar-refractivity contribution >= 4 is 40.2 Å². The highest BCUT2D eigenvalue weighted by atomic mass is 32.1. The molecule has 0 spiro atoms. The molecule has 33 heavy (non-hydrogen) atoms. The van der Waals surface area contributed by atoms with Gasteiger partial charge < -0.3 is 23.3 Å². The van der Waals surface area contributed by atoms with Crippen molar-refractivity contribution < 1.29 is 23.6 Å². The Bertz CT molecular complexity index is 1160. The summed E-state index contributed by atoms with van der Waals surface area (Å²) >= 11 is 1.37. The van der Waals surface area contributed by atoms with Gasteiger partial charge in [-0.05, 0) is 51.2 Å². The highest BCUT2D eigenvalue weighted by molar-refractivity contribution is 7.20. The molecule has 7 nitrogen and oxygen atoms in total. The van der Waals surface area contributed by atoms with Crippen LogP contribution in [0.3, 0.4) is 0 Å². The second-order valence-electron chi connectivity index (χ2n) is 9.72. The molecule has 0 aliphatic carbocycles. The van der Waals surface area contributed by atoms with Crippen LogP contribution in [0.25, 0.3) is 10.3 Å². The number of imidazole rings is 1. The van der Waals surface area contributed by atoms with Gasteiger partial charge >= 0.3 is 13.1 Å². The third kappa shape index (κ3) is 4.12. The van der Waals surface area contributed by atoms with E-state index in [9.17, 15) is 4.79 Å². The summed E-state index contributed by atoms with van der Waals surface area (Å²) in [5.41, 5.74) is 2.39. The minimum Gasteiger partial charge on any atom is -0.465 e. The fourth-order valence-electron chi connectivity index (χ4n) is 4.09. The summed E-state index contributed by atoms with van der Waals surface area (Å²) in [7, 11) is 1.03. The largest absolute Gasteiger partial charge is 0.494 e. The van der Waals surface area contributed by atoms with E-state index >= 15 is 0 Å². The highest BCUT2D eigenvalue weighted by Crippen LogP contribution is 2.36. The molecule has 0 N–H and O–H groups in total. The maximum absolute atomic E-state index is 12.0. The standard InChI is InChI=1S/C24H29BN2O5S/c1-23(2)24(3,4)32-25(31-23)16-8-6-15(7-9-16)12-20-26-21-18(13-19(33-21)22(28)29-5)27(20)14-17-10-11-30-17/h6-9,13,17H,10-12,14H2,1-5H3/t17-/m0/s1. The van der Waals surface area contributed by atoms with Crippen LogP contribution >= 0.6 is 11.3 Å². The quantitative estimate of drug-likeness (QED) is 0.407. The number of benzene rings is 1. The van der Waals surface area contributed by atoms with Gasteiger partial charge in [-0.3, -0.25) is 0 Å². The number of fused-ring (bicyclic) bond motifs is 1. The number of hydrogen-bond acceptors (Lipinski definition) is 7. The Kier molecular flexibility index (Phi) is 5.64. The average Bonchev–Trinajstić information content (AvgIpc) is 3.34. The summed E-state index contributed by atoms with van der Waals surface area (Å²) in [6.45, 7) is 9.77. The van der Waals surface area contributed by atoms with Gasteiger partial charge in [-0.25, -0.2) is 9.78 Å². The molecule has 2 aliphatic rings. The molecular formula is C24H29BN2O5S. The summed E-state index contributed by atoms with van der Waals surface area (Å²) in [4.78, 5) is 18.3. The lowest BCUT2D eigenvalue weighted by molar-refractivity contribution is -0.0589. The first-order valence-corrected chi connectivity index (χ1v) is 12.1. The third-order valence-electron chi connectivity index (χ3n) is 6.96. The minimum atomic E-state index is -0.371. The number of methoxy groups -OCH3 is 1. The van der Waals surface area contributed by atoms with Crippen molar-refractivity contribution in [2.45, 2.75) is 64.4 Å². The van der Waals surface area contributed by atoms with Gasteiger partial charge in [-0.2, -0.15) is 0 Å². The normalized spacial score (nSPS) is 21.4.